The molecule has 0 aromatic rings. The first-order valence-electron chi connectivity index (χ1n) is 4.79. The van der Waals surface area contributed by atoms with E-state index in [1.807, 2.05) is 13.0 Å². The van der Waals surface area contributed by atoms with Crippen LogP contribution in [0.2, 0.25) is 0 Å². The maximum Gasteiger partial charge on any atom is 0.227 e. The molecule has 3 nitrogen and oxygen atoms in total. The van der Waals surface area contributed by atoms with Crippen LogP contribution in [0, 0.1) is 5.41 Å². The summed E-state index contributed by atoms with van der Waals surface area (Å²) in [7, 11) is 0. The first kappa shape index (κ1) is 10.3. The van der Waals surface area contributed by atoms with Crippen LogP contribution in [-0.2, 0) is 4.79 Å². The number of hydrogen-bond donors (Lipinski definition) is 2. The first-order valence-corrected chi connectivity index (χ1v) is 4.79. The van der Waals surface area contributed by atoms with Crippen LogP contribution < -0.4 is 10.6 Å². The van der Waals surface area contributed by atoms with E-state index in [4.69, 9.17) is 0 Å². The summed E-state index contributed by atoms with van der Waals surface area (Å²) in [6, 6.07) is 0. The number of nitrogens with one attached hydrogen (secondary N) is 2. The molecule has 1 aliphatic heterocycles. The van der Waals surface area contributed by atoms with Crippen molar-refractivity contribution >= 4 is 5.91 Å². The van der Waals surface area contributed by atoms with Crippen LogP contribution in [-0.4, -0.2) is 25.5 Å². The molecular formula is C10H18N2O. The molecule has 2 N–H and O–H groups in total. The summed E-state index contributed by atoms with van der Waals surface area (Å²) >= 11 is 0. The third kappa shape index (κ3) is 2.56. The van der Waals surface area contributed by atoms with Crippen LogP contribution in [0.4, 0.5) is 0 Å². The Balaban J connectivity index is 2.33. The predicted molar refractivity (Wildman–Crippen MR) is 53.4 cm³/mol. The topological polar surface area (TPSA) is 41.1 Å². The van der Waals surface area contributed by atoms with Crippen molar-refractivity contribution in [3.63, 3.8) is 0 Å². The van der Waals surface area contributed by atoms with Gasteiger partial charge in [-0.15, -0.1) is 6.58 Å². The molecule has 1 amide bonds. The maximum atomic E-state index is 11.7. The second-order valence-corrected chi connectivity index (χ2v) is 3.82. The Morgan fingerprint density at radius 1 is 1.77 bits per heavy atom. The summed E-state index contributed by atoms with van der Waals surface area (Å²) in [4.78, 5) is 11.7. The Hall–Kier alpha value is -0.830. The van der Waals surface area contributed by atoms with Crippen LogP contribution in [0.25, 0.3) is 0 Å². The van der Waals surface area contributed by atoms with Crippen LogP contribution in [0.15, 0.2) is 12.7 Å². The first-order chi connectivity index (χ1) is 6.19. The molecule has 0 aromatic carbocycles. The number of carbonyl (C=O) groups excluding carboxylic acids is 1. The predicted octanol–water partition coefficient (Wildman–Crippen LogP) is 0.678. The fraction of sp³-hybridized carbons (Fsp3) is 0.700. The standard InChI is InChI=1S/C10H18N2O/c1-3-4-6-12-9(13)10(2)5-7-11-8-10/h3,11H,1,4-8H2,2H3,(H,12,13). The lowest BCUT2D eigenvalue weighted by molar-refractivity contribution is -0.129. The van der Waals surface area contributed by atoms with E-state index in [2.05, 4.69) is 17.2 Å². The van der Waals surface area contributed by atoms with Gasteiger partial charge in [-0.05, 0) is 26.3 Å². The summed E-state index contributed by atoms with van der Waals surface area (Å²) < 4.78 is 0. The van der Waals surface area contributed by atoms with Gasteiger partial charge in [-0.25, -0.2) is 0 Å². The Labute approximate surface area is 79.6 Å². The largest absolute Gasteiger partial charge is 0.355 e. The van der Waals surface area contributed by atoms with Crippen molar-refractivity contribution in [2.45, 2.75) is 19.8 Å². The van der Waals surface area contributed by atoms with E-state index in [0.717, 1.165) is 25.9 Å². The average molecular weight is 182 g/mol. The van der Waals surface area contributed by atoms with Crippen LogP contribution >= 0.6 is 0 Å². The van der Waals surface area contributed by atoms with Crippen molar-refractivity contribution in [2.24, 2.45) is 5.41 Å². The molecule has 1 heterocycles. The smallest absolute Gasteiger partial charge is 0.227 e. The molecule has 0 radical (unpaired) electrons. The molecule has 0 spiro atoms. The molecule has 74 valence electrons. The molecule has 0 bridgehead atoms. The number of rotatable bonds is 4. The quantitative estimate of drug-likeness (QED) is 0.496. The van der Waals surface area contributed by atoms with Gasteiger partial charge in [0.15, 0.2) is 0 Å². The molecule has 0 saturated carbocycles. The lowest BCUT2D eigenvalue weighted by atomic mass is 9.89. The van der Waals surface area contributed by atoms with Gasteiger partial charge in [0.05, 0.1) is 5.41 Å². The van der Waals surface area contributed by atoms with Crippen molar-refractivity contribution in [3.05, 3.63) is 12.7 Å². The highest BCUT2D eigenvalue weighted by Crippen LogP contribution is 2.24. The number of hydrogen-bond acceptors (Lipinski definition) is 2. The van der Waals surface area contributed by atoms with Gasteiger partial charge in [-0.1, -0.05) is 6.08 Å². The SMILES string of the molecule is C=CCCNC(=O)C1(C)CCNC1. The van der Waals surface area contributed by atoms with Crippen molar-refractivity contribution in [1.82, 2.24) is 10.6 Å². The Bertz CT molecular complexity index is 195. The molecule has 1 aliphatic rings. The highest BCUT2D eigenvalue weighted by Gasteiger charge is 2.35. The zero-order chi connectivity index (χ0) is 9.73. The minimum Gasteiger partial charge on any atom is -0.355 e. The molecule has 13 heavy (non-hydrogen) atoms. The highest BCUT2D eigenvalue weighted by molar-refractivity contribution is 5.82. The number of carbonyl (C=O) groups is 1. The van der Waals surface area contributed by atoms with E-state index < -0.39 is 0 Å². The van der Waals surface area contributed by atoms with Crippen LogP contribution in [0.5, 0.6) is 0 Å². The van der Waals surface area contributed by atoms with Gasteiger partial charge in [0.25, 0.3) is 0 Å². The average Bonchev–Trinajstić information content (AvgIpc) is 2.54. The van der Waals surface area contributed by atoms with Crippen LogP contribution in [0.1, 0.15) is 19.8 Å². The molecule has 1 saturated heterocycles. The van der Waals surface area contributed by atoms with Crippen molar-refractivity contribution in [2.75, 3.05) is 19.6 Å². The van der Waals surface area contributed by atoms with Crippen molar-refractivity contribution in [1.29, 1.82) is 0 Å². The normalized spacial score (nSPS) is 27.2. The summed E-state index contributed by atoms with van der Waals surface area (Å²) in [5, 5.41) is 6.12. The molecular weight excluding hydrogens is 164 g/mol. The zero-order valence-electron chi connectivity index (χ0n) is 8.23. The molecule has 3 heteroatoms. The third-order valence-corrected chi connectivity index (χ3v) is 2.55. The zero-order valence-corrected chi connectivity index (χ0v) is 8.23. The third-order valence-electron chi connectivity index (χ3n) is 2.55. The number of amides is 1. The van der Waals surface area contributed by atoms with Gasteiger partial charge in [0.1, 0.15) is 0 Å². The highest BCUT2D eigenvalue weighted by atomic mass is 16.2. The van der Waals surface area contributed by atoms with Crippen molar-refractivity contribution in [3.8, 4) is 0 Å². The van der Waals surface area contributed by atoms with E-state index in [9.17, 15) is 4.79 Å². The van der Waals surface area contributed by atoms with Gasteiger partial charge < -0.3 is 10.6 Å². The lowest BCUT2D eigenvalue weighted by Gasteiger charge is -2.21. The summed E-state index contributed by atoms with van der Waals surface area (Å²) in [6.07, 6.45) is 3.59. The molecule has 1 atom stereocenters. The summed E-state index contributed by atoms with van der Waals surface area (Å²) in [5.41, 5.74) is -0.193. The minimum atomic E-state index is -0.193. The van der Waals surface area contributed by atoms with E-state index in [0.29, 0.717) is 6.54 Å². The van der Waals surface area contributed by atoms with Gasteiger partial charge in [0.2, 0.25) is 5.91 Å². The fourth-order valence-electron chi connectivity index (χ4n) is 1.51. The van der Waals surface area contributed by atoms with Gasteiger partial charge in [0, 0.05) is 13.1 Å². The van der Waals surface area contributed by atoms with Crippen LogP contribution in [0.3, 0.4) is 0 Å². The Morgan fingerprint density at radius 3 is 3.08 bits per heavy atom. The lowest BCUT2D eigenvalue weighted by Crippen LogP contribution is -2.40. The van der Waals surface area contributed by atoms with E-state index >= 15 is 0 Å². The molecule has 1 unspecified atom stereocenters. The Morgan fingerprint density at radius 2 is 2.54 bits per heavy atom. The molecule has 0 aliphatic carbocycles. The summed E-state index contributed by atoms with van der Waals surface area (Å²) in [5.74, 6) is 0.166. The van der Waals surface area contributed by atoms with E-state index in [-0.39, 0.29) is 11.3 Å². The monoisotopic (exact) mass is 182 g/mol. The summed E-state index contributed by atoms with van der Waals surface area (Å²) in [6.45, 7) is 8.07. The molecule has 1 rings (SSSR count). The second kappa shape index (κ2) is 4.42. The van der Waals surface area contributed by atoms with Gasteiger partial charge in [-0.2, -0.15) is 0 Å². The van der Waals surface area contributed by atoms with Gasteiger partial charge >= 0.3 is 0 Å². The fourth-order valence-corrected chi connectivity index (χ4v) is 1.51. The minimum absolute atomic E-state index is 0.166. The van der Waals surface area contributed by atoms with E-state index in [1.165, 1.54) is 0 Å². The van der Waals surface area contributed by atoms with Gasteiger partial charge in [-0.3, -0.25) is 4.79 Å². The maximum absolute atomic E-state index is 11.7. The second-order valence-electron chi connectivity index (χ2n) is 3.82. The van der Waals surface area contributed by atoms with E-state index in [1.54, 1.807) is 0 Å². The molecule has 1 fully saturated rings. The Kier molecular flexibility index (Phi) is 3.48. The van der Waals surface area contributed by atoms with Crippen molar-refractivity contribution < 1.29 is 4.79 Å². The molecule has 0 aromatic heterocycles.